The van der Waals surface area contributed by atoms with E-state index in [2.05, 4.69) is 0 Å². The van der Waals surface area contributed by atoms with Crippen molar-refractivity contribution < 1.29 is 13.3 Å². The summed E-state index contributed by atoms with van der Waals surface area (Å²) in [4.78, 5) is 0.366. The molecule has 0 bridgehead atoms. The second-order valence-corrected chi connectivity index (χ2v) is 5.77. The summed E-state index contributed by atoms with van der Waals surface area (Å²) in [7, 11) is 0.0588. The smallest absolute Gasteiger partial charge is 0.147 e. The van der Waals surface area contributed by atoms with Crippen LogP contribution in [0.15, 0.2) is 41.3 Å². The van der Waals surface area contributed by atoms with Crippen LogP contribution < -0.4 is 10.5 Å². The summed E-state index contributed by atoms with van der Waals surface area (Å²) < 4.78 is 30.7. The Bertz CT molecular complexity index is 741. The van der Waals surface area contributed by atoms with Crippen molar-refractivity contribution in [2.45, 2.75) is 10.6 Å². The molecule has 0 amide bonds. The van der Waals surface area contributed by atoms with Crippen molar-refractivity contribution in [3.8, 4) is 11.8 Å². The SMILES string of the molecule is COc1cc(CS(=O)c2ccc(N)c(F)c2)ccc1C#N. The third-order valence-corrected chi connectivity index (χ3v) is 4.29. The Morgan fingerprint density at radius 1 is 1.33 bits per heavy atom. The Morgan fingerprint density at radius 3 is 2.71 bits per heavy atom. The van der Waals surface area contributed by atoms with Crippen molar-refractivity contribution in [2.75, 3.05) is 12.8 Å². The highest BCUT2D eigenvalue weighted by Crippen LogP contribution is 2.22. The summed E-state index contributed by atoms with van der Waals surface area (Å²) in [6, 6.07) is 11.1. The molecule has 6 heteroatoms. The summed E-state index contributed by atoms with van der Waals surface area (Å²) in [6.07, 6.45) is 0. The van der Waals surface area contributed by atoms with Crippen LogP contribution in [0, 0.1) is 17.1 Å². The Morgan fingerprint density at radius 2 is 2.10 bits per heavy atom. The van der Waals surface area contributed by atoms with Crippen LogP contribution in [0.4, 0.5) is 10.1 Å². The molecule has 0 heterocycles. The van der Waals surface area contributed by atoms with Crippen molar-refractivity contribution in [1.82, 2.24) is 0 Å². The van der Waals surface area contributed by atoms with Gasteiger partial charge in [-0.25, -0.2) is 4.39 Å². The van der Waals surface area contributed by atoms with E-state index in [0.717, 1.165) is 5.56 Å². The third kappa shape index (κ3) is 3.38. The summed E-state index contributed by atoms with van der Waals surface area (Å²) in [5, 5.41) is 8.91. The number of halogens is 1. The maximum absolute atomic E-state index is 13.4. The maximum Gasteiger partial charge on any atom is 0.147 e. The third-order valence-electron chi connectivity index (χ3n) is 2.92. The van der Waals surface area contributed by atoms with E-state index in [4.69, 9.17) is 15.7 Å². The summed E-state index contributed by atoms with van der Waals surface area (Å²) in [5.74, 6) is 0.0413. The topological polar surface area (TPSA) is 76.1 Å². The van der Waals surface area contributed by atoms with E-state index in [1.807, 2.05) is 6.07 Å². The lowest BCUT2D eigenvalue weighted by Gasteiger charge is -2.07. The fourth-order valence-corrected chi connectivity index (χ4v) is 2.91. The molecule has 1 atom stereocenters. The van der Waals surface area contributed by atoms with Crippen molar-refractivity contribution in [1.29, 1.82) is 5.26 Å². The molecule has 21 heavy (non-hydrogen) atoms. The molecule has 0 aliphatic heterocycles. The molecule has 4 nitrogen and oxygen atoms in total. The number of ether oxygens (including phenoxy) is 1. The van der Waals surface area contributed by atoms with Crippen LogP contribution in [0.3, 0.4) is 0 Å². The molecule has 0 aromatic heterocycles. The highest BCUT2D eigenvalue weighted by molar-refractivity contribution is 7.84. The van der Waals surface area contributed by atoms with E-state index in [-0.39, 0.29) is 11.4 Å². The van der Waals surface area contributed by atoms with Gasteiger partial charge in [-0.2, -0.15) is 5.26 Å². The Kier molecular flexibility index (Phi) is 4.55. The van der Waals surface area contributed by atoms with Crippen molar-refractivity contribution in [3.05, 3.63) is 53.3 Å². The lowest BCUT2D eigenvalue weighted by molar-refractivity contribution is 0.413. The van der Waals surface area contributed by atoms with E-state index >= 15 is 0 Å². The molecular weight excluding hydrogens is 291 g/mol. The largest absolute Gasteiger partial charge is 0.495 e. The molecule has 0 saturated heterocycles. The number of nitriles is 1. The summed E-state index contributed by atoms with van der Waals surface area (Å²) in [5.41, 5.74) is 6.56. The van der Waals surface area contributed by atoms with Gasteiger partial charge in [0, 0.05) is 4.90 Å². The lowest BCUT2D eigenvalue weighted by Crippen LogP contribution is -2.00. The van der Waals surface area contributed by atoms with Gasteiger partial charge in [-0.3, -0.25) is 4.21 Å². The average molecular weight is 304 g/mol. The van der Waals surface area contributed by atoms with Crippen LogP contribution >= 0.6 is 0 Å². The maximum atomic E-state index is 13.4. The molecule has 0 radical (unpaired) electrons. The van der Waals surface area contributed by atoms with Gasteiger partial charge in [0.05, 0.1) is 34.9 Å². The minimum atomic E-state index is -1.41. The number of anilines is 1. The van der Waals surface area contributed by atoms with E-state index in [0.29, 0.717) is 16.2 Å². The molecule has 0 saturated carbocycles. The Labute approximate surface area is 124 Å². The average Bonchev–Trinajstić information content (AvgIpc) is 2.49. The number of hydrogen-bond donors (Lipinski definition) is 1. The first-order chi connectivity index (χ1) is 10.0. The molecule has 1 unspecified atom stereocenters. The lowest BCUT2D eigenvalue weighted by atomic mass is 10.1. The molecule has 2 rings (SSSR count). The monoisotopic (exact) mass is 304 g/mol. The van der Waals surface area contributed by atoms with Gasteiger partial charge in [-0.05, 0) is 35.9 Å². The first kappa shape index (κ1) is 15.0. The molecule has 2 N–H and O–H groups in total. The van der Waals surface area contributed by atoms with Crippen LogP contribution in [0.25, 0.3) is 0 Å². The van der Waals surface area contributed by atoms with E-state index in [1.165, 1.54) is 25.3 Å². The highest BCUT2D eigenvalue weighted by atomic mass is 32.2. The zero-order valence-electron chi connectivity index (χ0n) is 11.3. The van der Waals surface area contributed by atoms with Gasteiger partial charge in [-0.15, -0.1) is 0 Å². The predicted octanol–water partition coefficient (Wildman–Crippen LogP) is 2.60. The number of rotatable bonds is 4. The minimum absolute atomic E-state index is 0.0239. The van der Waals surface area contributed by atoms with Crippen LogP contribution in [0.1, 0.15) is 11.1 Å². The molecule has 0 aliphatic rings. The summed E-state index contributed by atoms with van der Waals surface area (Å²) in [6.45, 7) is 0. The molecule has 0 spiro atoms. The highest BCUT2D eigenvalue weighted by Gasteiger charge is 2.10. The standard InChI is InChI=1S/C15H13FN2O2S/c1-20-15-6-10(2-3-11(15)8-17)9-21(19)12-4-5-14(18)13(16)7-12/h2-7H,9,18H2,1H3. The molecule has 108 valence electrons. The molecule has 0 fully saturated rings. The van der Waals surface area contributed by atoms with Crippen LogP contribution in [0.2, 0.25) is 0 Å². The van der Waals surface area contributed by atoms with Gasteiger partial charge < -0.3 is 10.5 Å². The van der Waals surface area contributed by atoms with Gasteiger partial charge in [0.25, 0.3) is 0 Å². The number of benzene rings is 2. The van der Waals surface area contributed by atoms with Crippen molar-refractivity contribution in [3.63, 3.8) is 0 Å². The normalized spacial score (nSPS) is 11.7. The first-order valence-corrected chi connectivity index (χ1v) is 7.37. The Hall–Kier alpha value is -2.39. The van der Waals surface area contributed by atoms with Crippen LogP contribution in [-0.4, -0.2) is 11.3 Å². The van der Waals surface area contributed by atoms with E-state index in [9.17, 15) is 8.60 Å². The zero-order valence-corrected chi connectivity index (χ0v) is 12.1. The first-order valence-electron chi connectivity index (χ1n) is 6.05. The fraction of sp³-hybridized carbons (Fsp3) is 0.133. The number of nitrogen functional groups attached to an aromatic ring is 1. The van der Waals surface area contributed by atoms with E-state index < -0.39 is 16.6 Å². The molecular formula is C15H13FN2O2S. The number of hydrogen-bond acceptors (Lipinski definition) is 4. The van der Waals surface area contributed by atoms with Gasteiger partial charge in [0.2, 0.25) is 0 Å². The number of methoxy groups -OCH3 is 1. The van der Waals surface area contributed by atoms with Crippen molar-refractivity contribution in [2.24, 2.45) is 0 Å². The Balaban J connectivity index is 2.23. The number of nitrogens with zero attached hydrogens (tertiary/aromatic N) is 1. The van der Waals surface area contributed by atoms with Gasteiger partial charge in [-0.1, -0.05) is 6.07 Å². The zero-order chi connectivity index (χ0) is 15.4. The second kappa shape index (κ2) is 6.37. The quantitative estimate of drug-likeness (QED) is 0.881. The van der Waals surface area contributed by atoms with Gasteiger partial charge >= 0.3 is 0 Å². The fourth-order valence-electron chi connectivity index (χ4n) is 1.80. The van der Waals surface area contributed by atoms with Crippen molar-refractivity contribution >= 4 is 16.5 Å². The minimum Gasteiger partial charge on any atom is -0.495 e. The molecule has 2 aromatic rings. The molecule has 0 aliphatic carbocycles. The number of nitrogens with two attached hydrogens (primary N) is 1. The van der Waals surface area contributed by atoms with Crippen LogP contribution in [-0.2, 0) is 16.6 Å². The second-order valence-electron chi connectivity index (χ2n) is 4.32. The summed E-state index contributed by atoms with van der Waals surface area (Å²) >= 11 is 0. The predicted molar refractivity (Wildman–Crippen MR) is 78.6 cm³/mol. The van der Waals surface area contributed by atoms with Gasteiger partial charge in [0.15, 0.2) is 0 Å². The molecule has 2 aromatic carbocycles. The van der Waals surface area contributed by atoms with Gasteiger partial charge in [0.1, 0.15) is 17.6 Å². The van der Waals surface area contributed by atoms with Crippen LogP contribution in [0.5, 0.6) is 5.75 Å². The van der Waals surface area contributed by atoms with E-state index in [1.54, 1.807) is 18.2 Å².